The van der Waals surface area contributed by atoms with Crippen LogP contribution in [0.25, 0.3) is 0 Å². The number of likely N-dealkylation sites (N-methyl/N-ethyl adjacent to an activating group) is 1. The van der Waals surface area contributed by atoms with E-state index in [-0.39, 0.29) is 11.9 Å². The van der Waals surface area contributed by atoms with Gasteiger partial charge in [-0.2, -0.15) is 0 Å². The van der Waals surface area contributed by atoms with Gasteiger partial charge in [0.25, 0.3) is 0 Å². The molecule has 1 aromatic heterocycles. The van der Waals surface area contributed by atoms with Crippen LogP contribution in [0.2, 0.25) is 0 Å². The summed E-state index contributed by atoms with van der Waals surface area (Å²) in [7, 11) is 3.71. The topological polar surface area (TPSA) is 29.5 Å². The maximum atomic E-state index is 12.1. The van der Waals surface area contributed by atoms with Crippen LogP contribution in [0.1, 0.15) is 30.1 Å². The molecule has 2 aliphatic heterocycles. The number of fused-ring (bicyclic) bond motifs is 2. The summed E-state index contributed by atoms with van der Waals surface area (Å²) < 4.78 is 5.02. The Kier molecular flexibility index (Phi) is 3.16. The van der Waals surface area contributed by atoms with Crippen molar-refractivity contribution in [1.82, 2.24) is 4.90 Å². The zero-order valence-electron chi connectivity index (χ0n) is 10.8. The number of hydrogen-bond donors (Lipinski definition) is 0. The number of thiophene rings is 1. The van der Waals surface area contributed by atoms with Crippen LogP contribution in [-0.4, -0.2) is 37.1 Å². The molecule has 3 heterocycles. The second-order valence-electron chi connectivity index (χ2n) is 5.37. The van der Waals surface area contributed by atoms with E-state index in [2.05, 4.69) is 29.5 Å². The summed E-state index contributed by atoms with van der Waals surface area (Å²) in [5.74, 6) is 0.335. The number of hydrogen-bond acceptors (Lipinski definition) is 4. The molecule has 0 amide bonds. The van der Waals surface area contributed by atoms with Gasteiger partial charge in [0.05, 0.1) is 13.0 Å². The summed E-state index contributed by atoms with van der Waals surface area (Å²) in [5, 5.41) is 2.10. The lowest BCUT2D eigenvalue weighted by molar-refractivity contribution is -0.149. The van der Waals surface area contributed by atoms with Crippen LogP contribution in [0.4, 0.5) is 0 Å². The van der Waals surface area contributed by atoms with Crippen LogP contribution >= 0.6 is 11.3 Å². The second kappa shape index (κ2) is 4.67. The minimum absolute atomic E-state index is 0.0293. The van der Waals surface area contributed by atoms with E-state index in [4.69, 9.17) is 4.74 Å². The highest BCUT2D eigenvalue weighted by Crippen LogP contribution is 2.47. The summed E-state index contributed by atoms with van der Waals surface area (Å²) in [6.07, 6.45) is 3.37. The lowest BCUT2D eigenvalue weighted by Gasteiger charge is -2.41. The average molecular weight is 265 g/mol. The molecule has 0 aliphatic carbocycles. The molecule has 4 heteroatoms. The Morgan fingerprint density at radius 1 is 1.50 bits per heavy atom. The number of carbonyl (C=O) groups is 1. The molecule has 0 N–H and O–H groups in total. The molecule has 2 aliphatic rings. The average Bonchev–Trinajstić information content (AvgIpc) is 2.97. The quantitative estimate of drug-likeness (QED) is 0.769. The summed E-state index contributed by atoms with van der Waals surface area (Å²) in [4.78, 5) is 15.9. The summed E-state index contributed by atoms with van der Waals surface area (Å²) >= 11 is 1.77. The number of ether oxygens (including phenoxy) is 1. The third kappa shape index (κ3) is 1.79. The summed E-state index contributed by atoms with van der Waals surface area (Å²) in [5.41, 5.74) is 0. The molecule has 2 saturated heterocycles. The van der Waals surface area contributed by atoms with Crippen LogP contribution in [-0.2, 0) is 9.53 Å². The molecule has 4 atom stereocenters. The van der Waals surface area contributed by atoms with Crippen molar-refractivity contribution in [3.05, 3.63) is 22.4 Å². The standard InChI is InChI=1S/C14H19NO2S/c1-15-9-5-6-11(15)13(12-4-3-7-18-12)10(8-9)14(16)17-2/h3-4,7,9-11,13H,5-6,8H2,1-2H3/t9?,10?,11-,13?/m1/s1. The fourth-order valence-corrected chi connectivity index (χ4v) is 4.68. The van der Waals surface area contributed by atoms with E-state index in [1.165, 1.54) is 24.8 Å². The highest BCUT2D eigenvalue weighted by atomic mass is 32.1. The maximum Gasteiger partial charge on any atom is 0.309 e. The van der Waals surface area contributed by atoms with Crippen molar-refractivity contribution >= 4 is 17.3 Å². The van der Waals surface area contributed by atoms with Gasteiger partial charge in [-0.15, -0.1) is 11.3 Å². The van der Waals surface area contributed by atoms with Gasteiger partial charge in [-0.3, -0.25) is 9.69 Å². The molecule has 3 unspecified atom stereocenters. The molecule has 98 valence electrons. The Labute approximate surface area is 112 Å². The number of nitrogens with zero attached hydrogens (tertiary/aromatic N) is 1. The van der Waals surface area contributed by atoms with E-state index in [0.29, 0.717) is 18.0 Å². The van der Waals surface area contributed by atoms with Crippen molar-refractivity contribution in [2.24, 2.45) is 5.92 Å². The molecule has 3 rings (SSSR count). The van der Waals surface area contributed by atoms with Crippen LogP contribution in [0, 0.1) is 5.92 Å². The first-order valence-corrected chi connectivity index (χ1v) is 7.43. The Hall–Kier alpha value is -0.870. The molecular formula is C14H19NO2S. The highest BCUT2D eigenvalue weighted by molar-refractivity contribution is 7.10. The fourth-order valence-electron chi connectivity index (χ4n) is 3.73. The smallest absolute Gasteiger partial charge is 0.309 e. The van der Waals surface area contributed by atoms with Gasteiger partial charge in [-0.25, -0.2) is 0 Å². The zero-order valence-corrected chi connectivity index (χ0v) is 11.7. The number of esters is 1. The second-order valence-corrected chi connectivity index (χ2v) is 6.35. The van der Waals surface area contributed by atoms with E-state index in [1.807, 2.05) is 0 Å². The molecular weight excluding hydrogens is 246 g/mol. The Balaban J connectivity index is 1.96. The van der Waals surface area contributed by atoms with Crippen LogP contribution in [0.3, 0.4) is 0 Å². The van der Waals surface area contributed by atoms with E-state index in [0.717, 1.165) is 6.42 Å². The van der Waals surface area contributed by atoms with Crippen LogP contribution in [0.15, 0.2) is 17.5 Å². The van der Waals surface area contributed by atoms with E-state index >= 15 is 0 Å². The first-order valence-electron chi connectivity index (χ1n) is 6.55. The van der Waals surface area contributed by atoms with Crippen LogP contribution in [0.5, 0.6) is 0 Å². The van der Waals surface area contributed by atoms with Gasteiger partial charge in [0.2, 0.25) is 0 Å². The van der Waals surface area contributed by atoms with Crippen molar-refractivity contribution in [2.45, 2.75) is 37.3 Å². The van der Waals surface area contributed by atoms with Gasteiger partial charge in [0.15, 0.2) is 0 Å². The van der Waals surface area contributed by atoms with E-state index < -0.39 is 0 Å². The van der Waals surface area contributed by atoms with Gasteiger partial charge < -0.3 is 4.74 Å². The van der Waals surface area contributed by atoms with Gasteiger partial charge in [0.1, 0.15) is 0 Å². The molecule has 1 aromatic rings. The van der Waals surface area contributed by atoms with Crippen molar-refractivity contribution in [1.29, 1.82) is 0 Å². The third-order valence-corrected chi connectivity index (χ3v) is 5.62. The molecule has 0 aromatic carbocycles. The SMILES string of the molecule is COC(=O)C1CC2CC[C@H](C1c1cccs1)N2C. The molecule has 3 nitrogen and oxygen atoms in total. The fraction of sp³-hybridized carbons (Fsp3) is 0.643. The molecule has 0 saturated carbocycles. The van der Waals surface area contributed by atoms with Gasteiger partial charge in [0, 0.05) is 22.9 Å². The summed E-state index contributed by atoms with van der Waals surface area (Å²) in [6.45, 7) is 0. The van der Waals surface area contributed by atoms with Crippen LogP contribution < -0.4 is 0 Å². The van der Waals surface area contributed by atoms with E-state index in [1.54, 1.807) is 11.3 Å². The maximum absolute atomic E-state index is 12.1. The van der Waals surface area contributed by atoms with Crippen molar-refractivity contribution in [3.63, 3.8) is 0 Å². The van der Waals surface area contributed by atoms with Gasteiger partial charge in [-0.1, -0.05) is 6.07 Å². The monoisotopic (exact) mass is 265 g/mol. The Bertz CT molecular complexity index is 431. The molecule has 2 bridgehead atoms. The normalized spacial score (nSPS) is 35.7. The molecule has 2 fully saturated rings. The minimum Gasteiger partial charge on any atom is -0.469 e. The van der Waals surface area contributed by atoms with Gasteiger partial charge >= 0.3 is 5.97 Å². The predicted octanol–water partition coefficient (Wildman–Crippen LogP) is 2.49. The summed E-state index contributed by atoms with van der Waals surface area (Å²) in [6, 6.07) is 5.31. The van der Waals surface area contributed by atoms with Crippen molar-refractivity contribution in [3.8, 4) is 0 Å². The minimum atomic E-state index is -0.0293. The van der Waals surface area contributed by atoms with Gasteiger partial charge in [-0.05, 0) is 37.8 Å². The largest absolute Gasteiger partial charge is 0.469 e. The molecule has 0 radical (unpaired) electrons. The zero-order chi connectivity index (χ0) is 12.7. The number of piperidine rings is 1. The number of methoxy groups -OCH3 is 1. The number of carbonyl (C=O) groups excluding carboxylic acids is 1. The van der Waals surface area contributed by atoms with E-state index in [9.17, 15) is 4.79 Å². The lowest BCUT2D eigenvalue weighted by atomic mass is 9.79. The Morgan fingerprint density at radius 2 is 2.33 bits per heavy atom. The lowest BCUT2D eigenvalue weighted by Crippen LogP contribution is -2.47. The van der Waals surface area contributed by atoms with Crippen molar-refractivity contribution < 1.29 is 9.53 Å². The number of rotatable bonds is 2. The molecule has 0 spiro atoms. The predicted molar refractivity (Wildman–Crippen MR) is 71.8 cm³/mol. The first-order chi connectivity index (χ1) is 8.72. The molecule has 18 heavy (non-hydrogen) atoms. The third-order valence-electron chi connectivity index (χ3n) is 4.64. The Morgan fingerprint density at radius 3 is 3.00 bits per heavy atom. The van der Waals surface area contributed by atoms with Crippen molar-refractivity contribution in [2.75, 3.05) is 14.2 Å². The highest BCUT2D eigenvalue weighted by Gasteiger charge is 2.49. The first kappa shape index (κ1) is 12.2.